The lowest BCUT2D eigenvalue weighted by Crippen LogP contribution is -2.50. The molecule has 0 bridgehead atoms. The zero-order chi connectivity index (χ0) is 22.8. The van der Waals surface area contributed by atoms with Crippen LogP contribution in [0.1, 0.15) is 27.4 Å². The van der Waals surface area contributed by atoms with E-state index in [2.05, 4.69) is 10.1 Å². The van der Waals surface area contributed by atoms with E-state index in [-0.39, 0.29) is 24.1 Å². The van der Waals surface area contributed by atoms with Gasteiger partial charge in [-0.2, -0.15) is 0 Å². The predicted octanol–water partition coefficient (Wildman–Crippen LogP) is 3.50. The summed E-state index contributed by atoms with van der Waals surface area (Å²) in [5.41, 5.74) is 1.81. The van der Waals surface area contributed by atoms with Gasteiger partial charge in [0.2, 0.25) is 5.91 Å². The second-order valence-corrected chi connectivity index (χ2v) is 7.40. The van der Waals surface area contributed by atoms with Crippen molar-refractivity contribution >= 4 is 17.5 Å². The number of carbonyl (C=O) groups excluding carboxylic acids is 2. The maximum Gasteiger partial charge on any atom is 0.573 e. The van der Waals surface area contributed by atoms with Crippen LogP contribution in [0.5, 0.6) is 5.75 Å². The van der Waals surface area contributed by atoms with Gasteiger partial charge in [-0.3, -0.25) is 14.5 Å². The Morgan fingerprint density at radius 3 is 2.16 bits per heavy atom. The molecule has 2 aromatic rings. The highest BCUT2D eigenvalue weighted by Crippen LogP contribution is 2.24. The number of nitrogens with zero attached hydrogens (tertiary/aromatic N) is 2. The van der Waals surface area contributed by atoms with Crippen LogP contribution in [0.15, 0.2) is 28.7 Å². The van der Waals surface area contributed by atoms with Crippen LogP contribution in [0.3, 0.4) is 0 Å². The molecular weight excluding hydrogens is 415 g/mol. The van der Waals surface area contributed by atoms with Crippen LogP contribution in [0, 0.1) is 20.8 Å². The molecular formula is C21H24F3N3O4. The zero-order valence-electron chi connectivity index (χ0n) is 17.5. The number of rotatable bonds is 5. The SMILES string of the molecule is Cc1oc(C)c(C(=O)N2CCN(CC(=O)Nc3ccc(OC(F)(F)F)cc3)CC2)c1C. The maximum atomic E-state index is 12.8. The van der Waals surface area contributed by atoms with Gasteiger partial charge in [0.15, 0.2) is 0 Å². The molecule has 0 saturated carbocycles. The molecule has 10 heteroatoms. The molecule has 1 saturated heterocycles. The molecule has 0 unspecified atom stereocenters. The second kappa shape index (κ2) is 9.01. The Morgan fingerprint density at radius 1 is 1.03 bits per heavy atom. The highest BCUT2D eigenvalue weighted by atomic mass is 19.4. The predicted molar refractivity (Wildman–Crippen MR) is 107 cm³/mol. The number of aryl methyl sites for hydroxylation is 2. The molecule has 0 spiro atoms. The Labute approximate surface area is 177 Å². The minimum Gasteiger partial charge on any atom is -0.466 e. The lowest BCUT2D eigenvalue weighted by atomic mass is 10.1. The topological polar surface area (TPSA) is 75.0 Å². The van der Waals surface area contributed by atoms with E-state index in [4.69, 9.17) is 4.42 Å². The molecule has 0 atom stereocenters. The van der Waals surface area contributed by atoms with E-state index in [1.165, 1.54) is 12.1 Å². The van der Waals surface area contributed by atoms with Crippen molar-refractivity contribution < 1.29 is 31.9 Å². The summed E-state index contributed by atoms with van der Waals surface area (Å²) in [5.74, 6) is 0.616. The average molecular weight is 439 g/mol. The lowest BCUT2D eigenvalue weighted by molar-refractivity contribution is -0.274. The van der Waals surface area contributed by atoms with Crippen molar-refractivity contribution in [1.29, 1.82) is 0 Å². The number of alkyl halides is 3. The second-order valence-electron chi connectivity index (χ2n) is 7.40. The van der Waals surface area contributed by atoms with Crippen molar-refractivity contribution in [1.82, 2.24) is 9.80 Å². The van der Waals surface area contributed by atoms with E-state index in [9.17, 15) is 22.8 Å². The molecule has 7 nitrogen and oxygen atoms in total. The van der Waals surface area contributed by atoms with Gasteiger partial charge in [0.25, 0.3) is 5.91 Å². The van der Waals surface area contributed by atoms with Crippen molar-refractivity contribution in [3.8, 4) is 5.75 Å². The number of benzene rings is 1. The third-order valence-electron chi connectivity index (χ3n) is 5.17. The van der Waals surface area contributed by atoms with E-state index in [1.54, 1.807) is 11.8 Å². The van der Waals surface area contributed by atoms with Gasteiger partial charge in [-0.1, -0.05) is 0 Å². The number of carbonyl (C=O) groups is 2. The van der Waals surface area contributed by atoms with Gasteiger partial charge in [0.05, 0.1) is 12.1 Å². The Hall–Kier alpha value is -3.01. The fourth-order valence-electron chi connectivity index (χ4n) is 3.52. The summed E-state index contributed by atoms with van der Waals surface area (Å²) in [6, 6.07) is 4.95. The molecule has 0 aliphatic carbocycles. The summed E-state index contributed by atoms with van der Waals surface area (Å²) in [4.78, 5) is 28.8. The van der Waals surface area contributed by atoms with Gasteiger partial charge >= 0.3 is 6.36 Å². The Kier molecular flexibility index (Phi) is 6.59. The van der Waals surface area contributed by atoms with E-state index in [0.717, 1.165) is 23.5 Å². The summed E-state index contributed by atoms with van der Waals surface area (Å²) >= 11 is 0. The summed E-state index contributed by atoms with van der Waals surface area (Å²) in [5, 5.41) is 2.65. The number of anilines is 1. The molecule has 168 valence electrons. The van der Waals surface area contributed by atoms with Crippen molar-refractivity contribution in [2.24, 2.45) is 0 Å². The van der Waals surface area contributed by atoms with Gasteiger partial charge in [0.1, 0.15) is 17.3 Å². The van der Waals surface area contributed by atoms with Crippen LogP contribution in [0.4, 0.5) is 18.9 Å². The largest absolute Gasteiger partial charge is 0.573 e. The van der Waals surface area contributed by atoms with Gasteiger partial charge in [0, 0.05) is 37.4 Å². The summed E-state index contributed by atoms with van der Waals surface area (Å²) < 4.78 is 45.9. The van der Waals surface area contributed by atoms with Crippen LogP contribution < -0.4 is 10.1 Å². The zero-order valence-corrected chi connectivity index (χ0v) is 17.5. The highest BCUT2D eigenvalue weighted by molar-refractivity contribution is 5.97. The molecule has 1 aromatic heterocycles. The van der Waals surface area contributed by atoms with Gasteiger partial charge in [-0.15, -0.1) is 13.2 Å². The third kappa shape index (κ3) is 5.78. The number of hydrogen-bond donors (Lipinski definition) is 1. The van der Waals surface area contributed by atoms with Crippen LogP contribution in [-0.4, -0.2) is 60.7 Å². The first-order chi connectivity index (χ1) is 14.5. The Morgan fingerprint density at radius 2 is 1.65 bits per heavy atom. The molecule has 2 amide bonds. The molecule has 1 aliphatic heterocycles. The van der Waals surface area contributed by atoms with E-state index < -0.39 is 6.36 Å². The minimum atomic E-state index is -4.76. The number of furan rings is 1. The first-order valence-corrected chi connectivity index (χ1v) is 9.77. The normalized spacial score (nSPS) is 15.1. The van der Waals surface area contributed by atoms with Crippen LogP contribution in [-0.2, 0) is 4.79 Å². The molecule has 31 heavy (non-hydrogen) atoms. The summed E-state index contributed by atoms with van der Waals surface area (Å²) in [7, 11) is 0. The minimum absolute atomic E-state index is 0.0721. The van der Waals surface area contributed by atoms with Crippen LogP contribution >= 0.6 is 0 Å². The maximum absolute atomic E-state index is 12.8. The molecule has 1 aromatic carbocycles. The molecule has 3 rings (SSSR count). The fraction of sp³-hybridized carbons (Fsp3) is 0.429. The standard InChI is InChI=1S/C21H24F3N3O4/c1-13-14(2)30-15(3)19(13)20(29)27-10-8-26(9-11-27)12-18(28)25-16-4-6-17(7-5-16)31-21(22,23)24/h4-7H,8-12H2,1-3H3,(H,25,28). The molecule has 1 fully saturated rings. The molecule has 1 N–H and O–H groups in total. The number of halogens is 3. The van der Waals surface area contributed by atoms with Gasteiger partial charge < -0.3 is 19.4 Å². The van der Waals surface area contributed by atoms with Crippen molar-refractivity contribution in [2.45, 2.75) is 27.1 Å². The number of piperazine rings is 1. The molecule has 2 heterocycles. The smallest absolute Gasteiger partial charge is 0.466 e. The van der Waals surface area contributed by atoms with E-state index >= 15 is 0 Å². The van der Waals surface area contributed by atoms with Gasteiger partial charge in [-0.25, -0.2) is 0 Å². The number of hydrogen-bond acceptors (Lipinski definition) is 5. The first-order valence-electron chi connectivity index (χ1n) is 9.77. The van der Waals surface area contributed by atoms with Crippen molar-refractivity contribution in [3.05, 3.63) is 46.9 Å². The molecule has 1 aliphatic rings. The number of nitrogens with one attached hydrogen (secondary N) is 1. The molecule has 0 radical (unpaired) electrons. The fourth-order valence-corrected chi connectivity index (χ4v) is 3.52. The van der Waals surface area contributed by atoms with Crippen LogP contribution in [0.2, 0.25) is 0 Å². The third-order valence-corrected chi connectivity index (χ3v) is 5.17. The van der Waals surface area contributed by atoms with Crippen molar-refractivity contribution in [2.75, 3.05) is 38.0 Å². The van der Waals surface area contributed by atoms with Gasteiger partial charge in [-0.05, 0) is 45.0 Å². The Bertz CT molecular complexity index is 946. The number of ether oxygens (including phenoxy) is 1. The summed E-state index contributed by atoms with van der Waals surface area (Å²) in [6.45, 7) is 7.62. The quantitative estimate of drug-likeness (QED) is 0.772. The van der Waals surface area contributed by atoms with E-state index in [1.807, 2.05) is 18.7 Å². The number of amides is 2. The van der Waals surface area contributed by atoms with E-state index in [0.29, 0.717) is 43.2 Å². The highest BCUT2D eigenvalue weighted by Gasteiger charge is 2.31. The average Bonchev–Trinajstić information content (AvgIpc) is 2.94. The Balaban J connectivity index is 1.48. The van der Waals surface area contributed by atoms with Crippen molar-refractivity contribution in [3.63, 3.8) is 0 Å². The summed E-state index contributed by atoms with van der Waals surface area (Å²) in [6.07, 6.45) is -4.76. The monoisotopic (exact) mass is 439 g/mol. The lowest BCUT2D eigenvalue weighted by Gasteiger charge is -2.34. The first kappa shape index (κ1) is 22.7. The van der Waals surface area contributed by atoms with Crippen LogP contribution in [0.25, 0.3) is 0 Å².